The molecule has 2 heterocycles. The van der Waals surface area contributed by atoms with Gasteiger partial charge in [0.2, 0.25) is 0 Å². The molecule has 0 spiro atoms. The molecule has 46 heavy (non-hydrogen) atoms. The van der Waals surface area contributed by atoms with Gasteiger partial charge in [0.15, 0.2) is 5.78 Å². The number of nitrogens with zero attached hydrogens (tertiary/aromatic N) is 2. The second kappa shape index (κ2) is 15.6. The molecule has 6 rings (SSSR count). The van der Waals surface area contributed by atoms with Gasteiger partial charge in [-0.15, -0.1) is 29.1 Å². The Morgan fingerprint density at radius 3 is 2.13 bits per heavy atom. The van der Waals surface area contributed by atoms with Crippen LogP contribution in [0.2, 0.25) is 0 Å². The fourth-order valence-electron chi connectivity index (χ4n) is 5.91. The molecule has 5 nitrogen and oxygen atoms in total. The summed E-state index contributed by atoms with van der Waals surface area (Å²) in [5.74, 6) is 1.56. The van der Waals surface area contributed by atoms with Crippen LogP contribution in [0.25, 0.3) is 54.9 Å². The fourth-order valence-corrected chi connectivity index (χ4v) is 5.91. The normalized spacial score (nSPS) is 11.9. The van der Waals surface area contributed by atoms with Crippen LogP contribution in [0.1, 0.15) is 79.0 Å². The standard InChI is InChI=1S/C27H19N2O.C13H24O2.Ir/c1-16(2)27-28-24(20-12-11-17-7-3-4-9-19(17)15-20)26-25(29-27)23-21-10-6-5-8-18(21)13-14-22(23)30-26;1-5-10(6-2)12(14)9-13(15)11(7-3)8-4;/h3-11,13-16H,1-2H3;9-11,14H,5-8H2,1-4H3;/q-1;;/b;12-9-;. The maximum atomic E-state index is 11.7. The van der Waals surface area contributed by atoms with Gasteiger partial charge in [0.25, 0.3) is 0 Å². The van der Waals surface area contributed by atoms with E-state index in [9.17, 15) is 9.90 Å². The Morgan fingerprint density at radius 2 is 1.48 bits per heavy atom. The van der Waals surface area contributed by atoms with Gasteiger partial charge in [0.1, 0.15) is 22.5 Å². The minimum atomic E-state index is 0. The van der Waals surface area contributed by atoms with E-state index in [2.05, 4.69) is 74.5 Å². The van der Waals surface area contributed by atoms with Gasteiger partial charge in [-0.2, -0.15) is 0 Å². The molecule has 6 heteroatoms. The van der Waals surface area contributed by atoms with Crippen molar-refractivity contribution in [2.45, 2.75) is 73.1 Å². The summed E-state index contributed by atoms with van der Waals surface area (Å²) in [7, 11) is 0. The van der Waals surface area contributed by atoms with E-state index in [1.54, 1.807) is 0 Å². The number of benzene rings is 4. The van der Waals surface area contributed by atoms with E-state index in [1.807, 2.05) is 45.9 Å². The quantitative estimate of drug-likeness (QED) is 0.0896. The Morgan fingerprint density at radius 1 is 0.848 bits per heavy atom. The number of carbonyl (C=O) groups excluding carboxylic acids is 1. The molecular weight excluding hydrogens is 749 g/mol. The van der Waals surface area contributed by atoms with Gasteiger partial charge in [-0.05, 0) is 42.5 Å². The van der Waals surface area contributed by atoms with E-state index < -0.39 is 0 Å². The van der Waals surface area contributed by atoms with Crippen molar-refractivity contribution in [3.8, 4) is 11.3 Å². The molecule has 1 radical (unpaired) electrons. The Bertz CT molecular complexity index is 1980. The van der Waals surface area contributed by atoms with E-state index in [4.69, 9.17) is 14.4 Å². The van der Waals surface area contributed by atoms with Crippen LogP contribution in [-0.2, 0) is 24.9 Å². The molecule has 0 amide bonds. The molecule has 241 valence electrons. The number of hydrogen-bond donors (Lipinski definition) is 1. The summed E-state index contributed by atoms with van der Waals surface area (Å²) in [5, 5.41) is 15.5. The fraction of sp³-hybridized carbons (Fsp3) is 0.325. The van der Waals surface area contributed by atoms with Gasteiger partial charge in [0, 0.05) is 49.6 Å². The Balaban J connectivity index is 0.000000259. The Hall–Kier alpha value is -3.86. The van der Waals surface area contributed by atoms with Crippen LogP contribution in [0, 0.1) is 17.9 Å². The number of furan rings is 1. The van der Waals surface area contributed by atoms with Crippen LogP contribution >= 0.6 is 0 Å². The van der Waals surface area contributed by atoms with Crippen LogP contribution < -0.4 is 0 Å². The molecule has 4 aromatic carbocycles. The first-order valence-electron chi connectivity index (χ1n) is 16.3. The molecule has 1 N–H and O–H groups in total. The first kappa shape index (κ1) is 35.0. The Kier molecular flexibility index (Phi) is 11.9. The molecule has 0 bridgehead atoms. The molecule has 0 saturated carbocycles. The first-order valence-corrected chi connectivity index (χ1v) is 16.3. The maximum Gasteiger partial charge on any atom is 0.162 e. The molecular formula is C40H43IrN2O3-. The number of ketones is 1. The molecule has 0 atom stereocenters. The van der Waals surface area contributed by atoms with Crippen molar-refractivity contribution in [3.63, 3.8) is 0 Å². The summed E-state index contributed by atoms with van der Waals surface area (Å²) < 4.78 is 6.35. The predicted octanol–water partition coefficient (Wildman–Crippen LogP) is 11.1. The van der Waals surface area contributed by atoms with E-state index in [0.717, 1.165) is 81.0 Å². The number of allylic oxidation sites excluding steroid dienone is 2. The minimum absolute atomic E-state index is 0. The van der Waals surface area contributed by atoms with Crippen LogP contribution in [0.5, 0.6) is 0 Å². The van der Waals surface area contributed by atoms with Gasteiger partial charge in [-0.25, -0.2) is 4.98 Å². The summed E-state index contributed by atoms with van der Waals surface area (Å²) in [5.41, 5.74) is 4.15. The number of aliphatic hydroxyl groups excluding tert-OH is 1. The van der Waals surface area contributed by atoms with E-state index >= 15 is 0 Å². The SMILES string of the molecule is CC(C)c1nc(-c2[c-]cc3ccccc3c2)c2oc3ccc4ccccc4c3c2n1.CCC(CC)C(=O)/C=C(\O)C(CC)CC.[Ir]. The summed E-state index contributed by atoms with van der Waals surface area (Å²) in [6.45, 7) is 12.3. The molecule has 6 aromatic rings. The average molecular weight is 792 g/mol. The van der Waals surface area contributed by atoms with Crippen molar-refractivity contribution in [3.05, 3.63) is 96.5 Å². The average Bonchev–Trinajstić information content (AvgIpc) is 3.45. The van der Waals surface area contributed by atoms with Gasteiger partial charge < -0.3 is 9.52 Å². The summed E-state index contributed by atoms with van der Waals surface area (Å²) in [4.78, 5) is 21.6. The number of hydrogen-bond acceptors (Lipinski definition) is 5. The van der Waals surface area contributed by atoms with Crippen molar-refractivity contribution in [1.82, 2.24) is 9.97 Å². The second-order valence-corrected chi connectivity index (χ2v) is 12.0. The van der Waals surface area contributed by atoms with Crippen molar-refractivity contribution in [2.24, 2.45) is 11.8 Å². The predicted molar refractivity (Wildman–Crippen MR) is 187 cm³/mol. The largest absolute Gasteiger partial charge is 0.512 e. The maximum absolute atomic E-state index is 11.7. The van der Waals surface area contributed by atoms with E-state index in [0.29, 0.717) is 0 Å². The zero-order chi connectivity index (χ0) is 32.1. The number of aromatic nitrogens is 2. The third-order valence-electron chi connectivity index (χ3n) is 8.76. The number of rotatable bonds is 9. The molecule has 0 fully saturated rings. The van der Waals surface area contributed by atoms with Crippen molar-refractivity contribution in [2.75, 3.05) is 0 Å². The molecule has 0 aliphatic rings. The first-order chi connectivity index (χ1) is 21.8. The van der Waals surface area contributed by atoms with Gasteiger partial charge in [-0.3, -0.25) is 9.78 Å². The summed E-state index contributed by atoms with van der Waals surface area (Å²) in [6.07, 6.45) is 4.91. The molecule has 0 saturated heterocycles. The van der Waals surface area contributed by atoms with Crippen molar-refractivity contribution >= 4 is 49.4 Å². The van der Waals surface area contributed by atoms with Crippen LogP contribution in [-0.4, -0.2) is 20.9 Å². The smallest absolute Gasteiger partial charge is 0.162 e. The van der Waals surface area contributed by atoms with E-state index in [-0.39, 0.29) is 49.4 Å². The topological polar surface area (TPSA) is 76.2 Å². The second-order valence-electron chi connectivity index (χ2n) is 12.0. The summed E-state index contributed by atoms with van der Waals surface area (Å²) >= 11 is 0. The third-order valence-corrected chi connectivity index (χ3v) is 8.76. The van der Waals surface area contributed by atoms with Crippen molar-refractivity contribution < 1.29 is 34.4 Å². The van der Waals surface area contributed by atoms with Gasteiger partial charge in [-0.1, -0.05) is 102 Å². The number of fused-ring (bicyclic) bond motifs is 6. The number of carbonyl (C=O) groups is 1. The van der Waals surface area contributed by atoms with Crippen molar-refractivity contribution in [1.29, 1.82) is 0 Å². The van der Waals surface area contributed by atoms with E-state index in [1.165, 1.54) is 11.5 Å². The molecule has 2 aromatic heterocycles. The van der Waals surface area contributed by atoms with Crippen LogP contribution in [0.3, 0.4) is 0 Å². The molecule has 0 aliphatic heterocycles. The Labute approximate surface area is 285 Å². The number of aliphatic hydroxyl groups is 1. The van der Waals surface area contributed by atoms with Crippen LogP contribution in [0.4, 0.5) is 0 Å². The zero-order valence-electron chi connectivity index (χ0n) is 27.6. The van der Waals surface area contributed by atoms with Crippen LogP contribution in [0.15, 0.2) is 89.0 Å². The zero-order valence-corrected chi connectivity index (χ0v) is 30.0. The third kappa shape index (κ3) is 7.24. The summed E-state index contributed by atoms with van der Waals surface area (Å²) in [6, 6.07) is 28.4. The minimum Gasteiger partial charge on any atom is -0.512 e. The van der Waals surface area contributed by atoms with Gasteiger partial charge in [0.05, 0.1) is 11.1 Å². The molecule has 0 unspecified atom stereocenters. The molecule has 0 aliphatic carbocycles. The van der Waals surface area contributed by atoms with Gasteiger partial charge >= 0.3 is 0 Å². The monoisotopic (exact) mass is 792 g/mol.